The van der Waals surface area contributed by atoms with Crippen molar-refractivity contribution in [1.82, 2.24) is 5.32 Å². The van der Waals surface area contributed by atoms with Gasteiger partial charge < -0.3 is 15.5 Å². The van der Waals surface area contributed by atoms with Gasteiger partial charge in [-0.25, -0.2) is 0 Å². The van der Waals surface area contributed by atoms with Crippen LogP contribution < -0.4 is 15.5 Å². The summed E-state index contributed by atoms with van der Waals surface area (Å²) in [5.74, 6) is -0.0143. The summed E-state index contributed by atoms with van der Waals surface area (Å²) in [6.07, 6.45) is 0.838. The summed E-state index contributed by atoms with van der Waals surface area (Å²) in [7, 11) is 1.73. The van der Waals surface area contributed by atoms with E-state index in [4.69, 9.17) is 0 Å². The van der Waals surface area contributed by atoms with Crippen molar-refractivity contribution in [3.05, 3.63) is 23.8 Å². The second-order valence-corrected chi connectivity index (χ2v) is 4.34. The number of carbonyl (C=O) groups is 2. The van der Waals surface area contributed by atoms with E-state index in [1.54, 1.807) is 18.9 Å². The van der Waals surface area contributed by atoms with Gasteiger partial charge in [0.25, 0.3) is 0 Å². The summed E-state index contributed by atoms with van der Waals surface area (Å²) in [6, 6.07) is 5.65. The number of likely N-dealkylation sites (N-methyl/N-ethyl adjacent to an activating group) is 1. The molecule has 0 radical (unpaired) electrons. The third kappa shape index (κ3) is 2.51. The maximum atomic E-state index is 11.4. The van der Waals surface area contributed by atoms with Gasteiger partial charge in [0.1, 0.15) is 0 Å². The SMILES string of the molecule is CNCC(=O)Nc1ccc2c(c1)CCN2C(C)=O. The van der Waals surface area contributed by atoms with E-state index in [0.29, 0.717) is 0 Å². The van der Waals surface area contributed by atoms with Gasteiger partial charge in [-0.05, 0) is 37.2 Å². The van der Waals surface area contributed by atoms with Gasteiger partial charge >= 0.3 is 0 Å². The zero-order valence-corrected chi connectivity index (χ0v) is 10.6. The Morgan fingerprint density at radius 3 is 2.83 bits per heavy atom. The number of nitrogens with one attached hydrogen (secondary N) is 2. The van der Waals surface area contributed by atoms with Crippen LogP contribution in [0.5, 0.6) is 0 Å². The first-order valence-corrected chi connectivity index (χ1v) is 5.97. The van der Waals surface area contributed by atoms with Crippen LogP contribution in [0.1, 0.15) is 12.5 Å². The summed E-state index contributed by atoms with van der Waals surface area (Å²) < 4.78 is 0. The lowest BCUT2D eigenvalue weighted by atomic mass is 10.1. The molecule has 0 saturated carbocycles. The van der Waals surface area contributed by atoms with E-state index in [1.165, 1.54) is 0 Å². The molecule has 2 amide bonds. The average Bonchev–Trinajstić information content (AvgIpc) is 2.72. The average molecular weight is 247 g/mol. The molecule has 0 spiro atoms. The highest BCUT2D eigenvalue weighted by molar-refractivity contribution is 5.96. The molecule has 5 heteroatoms. The van der Waals surface area contributed by atoms with Gasteiger partial charge in [0.15, 0.2) is 0 Å². The number of hydrogen-bond donors (Lipinski definition) is 2. The van der Waals surface area contributed by atoms with E-state index in [9.17, 15) is 9.59 Å². The molecule has 0 aromatic heterocycles. The molecular formula is C13H17N3O2. The monoisotopic (exact) mass is 247 g/mol. The highest BCUT2D eigenvalue weighted by atomic mass is 16.2. The van der Waals surface area contributed by atoms with Crippen molar-refractivity contribution in [3.63, 3.8) is 0 Å². The number of nitrogens with zero attached hydrogens (tertiary/aromatic N) is 1. The first-order chi connectivity index (χ1) is 8.61. The molecule has 96 valence electrons. The van der Waals surface area contributed by atoms with Crippen molar-refractivity contribution in [2.75, 3.05) is 30.4 Å². The fourth-order valence-corrected chi connectivity index (χ4v) is 2.17. The molecule has 1 heterocycles. The van der Waals surface area contributed by atoms with Crippen LogP contribution in [0.25, 0.3) is 0 Å². The first-order valence-electron chi connectivity index (χ1n) is 5.97. The molecule has 1 aliphatic heterocycles. The Labute approximate surface area is 106 Å². The molecule has 1 aliphatic rings. The maximum Gasteiger partial charge on any atom is 0.238 e. The molecular weight excluding hydrogens is 230 g/mol. The van der Waals surface area contributed by atoms with E-state index in [2.05, 4.69) is 10.6 Å². The van der Waals surface area contributed by atoms with Crippen molar-refractivity contribution < 1.29 is 9.59 Å². The van der Waals surface area contributed by atoms with Crippen LogP contribution >= 0.6 is 0 Å². The van der Waals surface area contributed by atoms with Crippen LogP contribution in [0.15, 0.2) is 18.2 Å². The fraction of sp³-hybridized carbons (Fsp3) is 0.385. The molecule has 2 N–H and O–H groups in total. The summed E-state index contributed by atoms with van der Waals surface area (Å²) in [6.45, 7) is 2.58. The summed E-state index contributed by atoms with van der Waals surface area (Å²) in [5.41, 5.74) is 2.83. The molecule has 1 aromatic rings. The number of anilines is 2. The van der Waals surface area contributed by atoms with Crippen LogP contribution in [0.2, 0.25) is 0 Å². The van der Waals surface area contributed by atoms with Crippen LogP contribution in [-0.2, 0) is 16.0 Å². The Morgan fingerprint density at radius 2 is 2.17 bits per heavy atom. The van der Waals surface area contributed by atoms with Crippen LogP contribution in [0.3, 0.4) is 0 Å². The number of fused-ring (bicyclic) bond motifs is 1. The smallest absolute Gasteiger partial charge is 0.238 e. The summed E-state index contributed by atoms with van der Waals surface area (Å²) in [4.78, 5) is 24.6. The Balaban J connectivity index is 2.14. The molecule has 0 bridgehead atoms. The first kappa shape index (κ1) is 12.6. The topological polar surface area (TPSA) is 61.4 Å². The van der Waals surface area contributed by atoms with Crippen molar-refractivity contribution >= 4 is 23.2 Å². The molecule has 0 unspecified atom stereocenters. The van der Waals surface area contributed by atoms with Gasteiger partial charge in [0, 0.05) is 24.8 Å². The minimum absolute atomic E-state index is 0.0562. The molecule has 5 nitrogen and oxygen atoms in total. The quantitative estimate of drug-likeness (QED) is 0.828. The Bertz CT molecular complexity index is 485. The third-order valence-corrected chi connectivity index (χ3v) is 2.98. The normalized spacial score (nSPS) is 13.3. The van der Waals surface area contributed by atoms with Gasteiger partial charge in [0.05, 0.1) is 6.54 Å². The summed E-state index contributed by atoms with van der Waals surface area (Å²) >= 11 is 0. The highest BCUT2D eigenvalue weighted by Crippen LogP contribution is 2.30. The minimum Gasteiger partial charge on any atom is -0.325 e. The zero-order chi connectivity index (χ0) is 13.1. The molecule has 0 atom stereocenters. The minimum atomic E-state index is -0.0705. The van der Waals surface area contributed by atoms with Gasteiger partial charge in [-0.15, -0.1) is 0 Å². The van der Waals surface area contributed by atoms with Crippen molar-refractivity contribution in [3.8, 4) is 0 Å². The molecule has 1 aromatic carbocycles. The second kappa shape index (κ2) is 5.18. The largest absolute Gasteiger partial charge is 0.325 e. The number of carbonyl (C=O) groups excluding carboxylic acids is 2. The lowest BCUT2D eigenvalue weighted by Gasteiger charge is -2.15. The predicted molar refractivity (Wildman–Crippen MR) is 70.7 cm³/mol. The number of rotatable bonds is 3. The van der Waals surface area contributed by atoms with Gasteiger partial charge in [-0.2, -0.15) is 0 Å². The van der Waals surface area contributed by atoms with Gasteiger partial charge in [-0.3, -0.25) is 9.59 Å². The Hall–Kier alpha value is -1.88. The van der Waals surface area contributed by atoms with E-state index in [0.717, 1.165) is 29.9 Å². The Kier molecular flexibility index (Phi) is 3.62. The third-order valence-electron chi connectivity index (χ3n) is 2.98. The van der Waals surface area contributed by atoms with Crippen LogP contribution in [0.4, 0.5) is 11.4 Å². The van der Waals surface area contributed by atoms with Gasteiger partial charge in [-0.1, -0.05) is 0 Å². The number of benzene rings is 1. The van der Waals surface area contributed by atoms with E-state index < -0.39 is 0 Å². The number of hydrogen-bond acceptors (Lipinski definition) is 3. The Morgan fingerprint density at radius 1 is 1.39 bits per heavy atom. The summed E-state index contributed by atoms with van der Waals surface area (Å²) in [5, 5.41) is 5.61. The van der Waals surface area contributed by atoms with Crippen molar-refractivity contribution in [2.24, 2.45) is 0 Å². The van der Waals surface area contributed by atoms with Crippen LogP contribution in [0, 0.1) is 0 Å². The van der Waals surface area contributed by atoms with Crippen LogP contribution in [-0.4, -0.2) is 32.0 Å². The standard InChI is InChI=1S/C13H17N3O2/c1-9(17)16-6-5-10-7-11(3-4-12(10)16)15-13(18)8-14-2/h3-4,7,14H,5-6,8H2,1-2H3,(H,15,18). The highest BCUT2D eigenvalue weighted by Gasteiger charge is 2.22. The molecule has 0 aliphatic carbocycles. The molecule has 18 heavy (non-hydrogen) atoms. The predicted octanol–water partition coefficient (Wildman–Crippen LogP) is 0.753. The number of amides is 2. The second-order valence-electron chi connectivity index (χ2n) is 4.34. The maximum absolute atomic E-state index is 11.4. The van der Waals surface area contributed by atoms with E-state index in [-0.39, 0.29) is 18.4 Å². The van der Waals surface area contributed by atoms with E-state index in [1.807, 2.05) is 18.2 Å². The molecule has 0 fully saturated rings. The van der Waals surface area contributed by atoms with E-state index >= 15 is 0 Å². The molecule has 2 rings (SSSR count). The fourth-order valence-electron chi connectivity index (χ4n) is 2.17. The zero-order valence-electron chi connectivity index (χ0n) is 10.6. The lowest BCUT2D eigenvalue weighted by molar-refractivity contribution is -0.116. The molecule has 0 saturated heterocycles. The van der Waals surface area contributed by atoms with Crippen molar-refractivity contribution in [2.45, 2.75) is 13.3 Å². The van der Waals surface area contributed by atoms with Gasteiger partial charge in [0.2, 0.25) is 11.8 Å². The van der Waals surface area contributed by atoms with Crippen molar-refractivity contribution in [1.29, 1.82) is 0 Å². The lowest BCUT2D eigenvalue weighted by Crippen LogP contribution is -2.26.